The number of nitro groups is 1. The zero-order valence-corrected chi connectivity index (χ0v) is 12.7. The maximum absolute atomic E-state index is 13.1. The molecule has 1 aliphatic heterocycles. The number of rotatable bonds is 5. The summed E-state index contributed by atoms with van der Waals surface area (Å²) in [5, 5.41) is 29.8. The molecule has 2 rings (SSSR count). The molecular formula is C15H17FN2O6. The van der Waals surface area contributed by atoms with E-state index in [1.807, 2.05) is 0 Å². The van der Waals surface area contributed by atoms with Gasteiger partial charge in [0.1, 0.15) is 5.82 Å². The summed E-state index contributed by atoms with van der Waals surface area (Å²) < 4.78 is 13.1. The van der Waals surface area contributed by atoms with Crippen LogP contribution in [0.15, 0.2) is 24.3 Å². The Labute approximate surface area is 136 Å². The van der Waals surface area contributed by atoms with Crippen LogP contribution in [0.1, 0.15) is 24.3 Å². The predicted octanol–water partition coefficient (Wildman–Crippen LogP) is 2.03. The Morgan fingerprint density at radius 3 is 2.21 bits per heavy atom. The fourth-order valence-electron chi connectivity index (χ4n) is 3.25. The van der Waals surface area contributed by atoms with Crippen LogP contribution in [0, 0.1) is 21.3 Å². The van der Waals surface area contributed by atoms with E-state index < -0.39 is 40.7 Å². The van der Waals surface area contributed by atoms with Crippen molar-refractivity contribution in [3.8, 4) is 0 Å². The Hall–Kier alpha value is -2.71. The highest BCUT2D eigenvalue weighted by Crippen LogP contribution is 2.45. The van der Waals surface area contributed by atoms with Gasteiger partial charge >= 0.3 is 12.1 Å². The van der Waals surface area contributed by atoms with Crippen LogP contribution >= 0.6 is 0 Å². The number of hydrogen-bond acceptors (Lipinski definition) is 4. The van der Waals surface area contributed by atoms with E-state index in [-0.39, 0.29) is 25.9 Å². The van der Waals surface area contributed by atoms with Crippen molar-refractivity contribution in [1.82, 2.24) is 4.90 Å². The summed E-state index contributed by atoms with van der Waals surface area (Å²) in [5.41, 5.74) is -1.10. The van der Waals surface area contributed by atoms with Crippen LogP contribution in [0.2, 0.25) is 0 Å². The third kappa shape index (κ3) is 3.44. The lowest BCUT2D eigenvalue weighted by Gasteiger charge is -2.41. The minimum Gasteiger partial charge on any atom is -0.481 e. The highest BCUT2D eigenvalue weighted by atomic mass is 19.1. The van der Waals surface area contributed by atoms with E-state index in [0.717, 1.165) is 17.0 Å². The third-order valence-corrected chi connectivity index (χ3v) is 4.62. The van der Waals surface area contributed by atoms with Crippen molar-refractivity contribution in [2.24, 2.45) is 5.41 Å². The molecule has 1 atom stereocenters. The number of carboxylic acid groups (broad SMARTS) is 2. The largest absolute Gasteiger partial charge is 0.481 e. The van der Waals surface area contributed by atoms with Gasteiger partial charge in [-0.05, 0) is 30.5 Å². The number of piperidine rings is 1. The van der Waals surface area contributed by atoms with Gasteiger partial charge in [-0.2, -0.15) is 0 Å². The molecule has 2 N–H and O–H groups in total. The van der Waals surface area contributed by atoms with Crippen LogP contribution in [0.4, 0.5) is 9.18 Å². The molecule has 0 saturated carbocycles. The summed E-state index contributed by atoms with van der Waals surface area (Å²) in [6, 6.07) is 4.95. The van der Waals surface area contributed by atoms with E-state index in [2.05, 4.69) is 0 Å². The molecule has 0 aliphatic carbocycles. The Kier molecular flexibility index (Phi) is 5.01. The molecule has 24 heavy (non-hydrogen) atoms. The number of nitrogens with zero attached hydrogens (tertiary/aromatic N) is 2. The van der Waals surface area contributed by atoms with Crippen molar-refractivity contribution in [2.75, 3.05) is 19.6 Å². The van der Waals surface area contributed by atoms with Crippen LogP contribution < -0.4 is 0 Å². The Morgan fingerprint density at radius 1 is 1.25 bits per heavy atom. The molecule has 1 amide bonds. The molecular weight excluding hydrogens is 323 g/mol. The minimum absolute atomic E-state index is 0.0168. The first kappa shape index (κ1) is 17.6. The molecule has 1 saturated heterocycles. The van der Waals surface area contributed by atoms with E-state index in [4.69, 9.17) is 5.11 Å². The normalized spacial score (nSPS) is 18.0. The molecule has 9 heteroatoms. The summed E-state index contributed by atoms with van der Waals surface area (Å²) in [6.07, 6.45) is -1.23. The first-order valence-corrected chi connectivity index (χ1v) is 7.35. The monoisotopic (exact) mass is 340 g/mol. The number of amides is 1. The molecule has 0 bridgehead atoms. The number of hydrogen-bond donors (Lipinski definition) is 2. The van der Waals surface area contributed by atoms with Crippen LogP contribution in [-0.4, -0.2) is 51.7 Å². The molecule has 1 aromatic carbocycles. The number of likely N-dealkylation sites (tertiary alicyclic amines) is 1. The molecule has 1 heterocycles. The Balaban J connectivity index is 2.40. The van der Waals surface area contributed by atoms with Crippen LogP contribution in [0.25, 0.3) is 0 Å². The van der Waals surface area contributed by atoms with Crippen LogP contribution in [0.3, 0.4) is 0 Å². The zero-order chi connectivity index (χ0) is 17.9. The summed E-state index contributed by atoms with van der Waals surface area (Å²) in [6.45, 7) is -0.654. The SMILES string of the molecule is O=C(O)N1CCC(C(=O)O)(C(C[N+](=O)[O-])c2ccc(F)cc2)CC1. The maximum Gasteiger partial charge on any atom is 0.407 e. The summed E-state index contributed by atoms with van der Waals surface area (Å²) in [5.74, 6) is -2.70. The van der Waals surface area contributed by atoms with Gasteiger partial charge in [0, 0.05) is 18.0 Å². The minimum atomic E-state index is -1.46. The Bertz CT molecular complexity index is 640. The number of halogens is 1. The fourth-order valence-corrected chi connectivity index (χ4v) is 3.25. The zero-order valence-electron chi connectivity index (χ0n) is 12.7. The molecule has 0 radical (unpaired) electrons. The summed E-state index contributed by atoms with van der Waals surface area (Å²) in [7, 11) is 0. The maximum atomic E-state index is 13.1. The second kappa shape index (κ2) is 6.81. The number of carbonyl (C=O) groups is 2. The quantitative estimate of drug-likeness (QED) is 0.625. The average Bonchev–Trinajstić information content (AvgIpc) is 2.53. The average molecular weight is 340 g/mol. The van der Waals surface area contributed by atoms with Crippen molar-refractivity contribution < 1.29 is 29.1 Å². The van der Waals surface area contributed by atoms with Gasteiger partial charge in [-0.15, -0.1) is 0 Å². The highest BCUT2D eigenvalue weighted by molar-refractivity contribution is 5.77. The molecule has 1 unspecified atom stereocenters. The van der Waals surface area contributed by atoms with Gasteiger partial charge in [0.15, 0.2) is 0 Å². The summed E-state index contributed by atoms with van der Waals surface area (Å²) in [4.78, 5) is 34.5. The molecule has 0 aromatic heterocycles. The van der Waals surface area contributed by atoms with E-state index in [0.29, 0.717) is 5.56 Å². The van der Waals surface area contributed by atoms with Crippen molar-refractivity contribution >= 4 is 12.1 Å². The molecule has 1 fully saturated rings. The highest BCUT2D eigenvalue weighted by Gasteiger charge is 2.51. The number of carboxylic acids is 1. The number of benzene rings is 1. The molecule has 130 valence electrons. The lowest BCUT2D eigenvalue weighted by atomic mass is 9.66. The van der Waals surface area contributed by atoms with E-state index in [1.54, 1.807) is 0 Å². The molecule has 1 aliphatic rings. The second-order valence-electron chi connectivity index (χ2n) is 5.85. The van der Waals surface area contributed by atoms with E-state index in [1.165, 1.54) is 12.1 Å². The smallest absolute Gasteiger partial charge is 0.407 e. The summed E-state index contributed by atoms with van der Waals surface area (Å²) >= 11 is 0. The van der Waals surface area contributed by atoms with Crippen molar-refractivity contribution in [1.29, 1.82) is 0 Å². The lowest BCUT2D eigenvalue weighted by Crippen LogP contribution is -2.50. The van der Waals surface area contributed by atoms with Gasteiger partial charge < -0.3 is 15.1 Å². The third-order valence-electron chi connectivity index (χ3n) is 4.62. The second-order valence-corrected chi connectivity index (χ2v) is 5.85. The first-order chi connectivity index (χ1) is 11.3. The van der Waals surface area contributed by atoms with Gasteiger partial charge in [-0.1, -0.05) is 12.1 Å². The van der Waals surface area contributed by atoms with Gasteiger partial charge in [0.2, 0.25) is 6.54 Å². The van der Waals surface area contributed by atoms with Crippen molar-refractivity contribution in [2.45, 2.75) is 18.8 Å². The van der Waals surface area contributed by atoms with Crippen LogP contribution in [0.5, 0.6) is 0 Å². The van der Waals surface area contributed by atoms with Gasteiger partial charge in [-0.25, -0.2) is 9.18 Å². The number of aliphatic carboxylic acids is 1. The van der Waals surface area contributed by atoms with E-state index in [9.17, 15) is 29.2 Å². The fraction of sp³-hybridized carbons (Fsp3) is 0.467. The van der Waals surface area contributed by atoms with Gasteiger partial charge in [0.25, 0.3) is 0 Å². The molecule has 0 spiro atoms. The van der Waals surface area contributed by atoms with Crippen molar-refractivity contribution in [3.05, 3.63) is 45.8 Å². The topological polar surface area (TPSA) is 121 Å². The van der Waals surface area contributed by atoms with Crippen molar-refractivity contribution in [3.63, 3.8) is 0 Å². The van der Waals surface area contributed by atoms with Gasteiger partial charge in [-0.3, -0.25) is 14.9 Å². The lowest BCUT2D eigenvalue weighted by molar-refractivity contribution is -0.486. The predicted molar refractivity (Wildman–Crippen MR) is 79.9 cm³/mol. The van der Waals surface area contributed by atoms with E-state index >= 15 is 0 Å². The van der Waals surface area contributed by atoms with Crippen LogP contribution in [-0.2, 0) is 4.79 Å². The first-order valence-electron chi connectivity index (χ1n) is 7.35. The Morgan fingerprint density at radius 2 is 1.79 bits per heavy atom. The molecule has 8 nitrogen and oxygen atoms in total. The molecule has 1 aromatic rings. The standard InChI is InChI=1S/C15H17FN2O6/c16-11-3-1-10(2-4-11)12(9-18(23)24)15(13(19)20)5-7-17(8-6-15)14(21)22/h1-4,12H,5-9H2,(H,19,20)(H,21,22). The van der Waals surface area contributed by atoms with Gasteiger partial charge in [0.05, 0.1) is 11.3 Å².